The van der Waals surface area contributed by atoms with Crippen molar-refractivity contribution >= 4 is 23.3 Å². The van der Waals surface area contributed by atoms with Crippen LogP contribution in [0.4, 0.5) is 18.9 Å². The van der Waals surface area contributed by atoms with E-state index in [4.69, 9.17) is 4.74 Å². The smallest absolute Gasteiger partial charge is 0.339 e. The molecule has 3 N–H and O–H groups in total. The normalized spacial score (nSPS) is 11.8. The highest BCUT2D eigenvalue weighted by atomic mass is 19.2. The number of H-pyrrole nitrogens is 1. The van der Waals surface area contributed by atoms with E-state index in [0.29, 0.717) is 22.2 Å². The average molecular weight is 412 g/mol. The minimum atomic E-state index is -1.68. The first-order valence-electron chi connectivity index (χ1n) is 8.62. The largest absolute Gasteiger partial charge is 0.465 e. The maximum Gasteiger partial charge on any atom is 0.339 e. The number of ketones is 1. The molecular weight excluding hydrogens is 391 g/mol. The van der Waals surface area contributed by atoms with Crippen LogP contribution in [-0.2, 0) is 9.53 Å². The Kier molecular flexibility index (Phi) is 6.80. The number of aromatic nitrogens is 1. The van der Waals surface area contributed by atoms with Gasteiger partial charge in [0.1, 0.15) is 6.54 Å². The van der Waals surface area contributed by atoms with Gasteiger partial charge in [0, 0.05) is 5.69 Å². The van der Waals surface area contributed by atoms with Crippen LogP contribution in [0.25, 0.3) is 0 Å². The number of carbonyl (C=O) groups excluding carboxylic acids is 3. The number of esters is 1. The van der Waals surface area contributed by atoms with E-state index in [1.165, 1.54) is 7.11 Å². The number of Topliss-reactive ketones (excluding diaryl/α,β-unsaturated/α-hetero) is 1. The Morgan fingerprint density at radius 2 is 1.76 bits per heavy atom. The summed E-state index contributed by atoms with van der Waals surface area (Å²) in [7, 11) is 2.80. The predicted octanol–water partition coefficient (Wildman–Crippen LogP) is 1.17. The van der Waals surface area contributed by atoms with Crippen molar-refractivity contribution in [3.8, 4) is 0 Å². The second-order valence-electron chi connectivity index (χ2n) is 6.62. The molecule has 0 aliphatic carbocycles. The Morgan fingerprint density at radius 3 is 2.38 bits per heavy atom. The summed E-state index contributed by atoms with van der Waals surface area (Å²) >= 11 is 0. The topological polar surface area (TPSA) is 92.7 Å². The molecule has 29 heavy (non-hydrogen) atoms. The van der Waals surface area contributed by atoms with E-state index in [9.17, 15) is 27.6 Å². The average Bonchev–Trinajstić information content (AvgIpc) is 2.95. The summed E-state index contributed by atoms with van der Waals surface area (Å²) < 4.78 is 44.5. The third kappa shape index (κ3) is 4.83. The third-order valence-corrected chi connectivity index (χ3v) is 4.34. The number of nitrogens with one attached hydrogen (secondary N) is 3. The minimum absolute atomic E-state index is 0.102. The van der Waals surface area contributed by atoms with E-state index in [2.05, 4.69) is 10.3 Å². The van der Waals surface area contributed by atoms with Crippen LogP contribution >= 0.6 is 0 Å². The summed E-state index contributed by atoms with van der Waals surface area (Å²) in [6.07, 6.45) is 0. The van der Waals surface area contributed by atoms with Crippen molar-refractivity contribution in [1.82, 2.24) is 4.98 Å². The number of quaternary nitrogens is 1. The Bertz CT molecular complexity index is 972. The van der Waals surface area contributed by atoms with E-state index in [0.717, 1.165) is 6.07 Å². The molecule has 1 amide bonds. The van der Waals surface area contributed by atoms with Crippen molar-refractivity contribution in [3.63, 3.8) is 0 Å². The molecule has 0 aliphatic heterocycles. The van der Waals surface area contributed by atoms with Crippen LogP contribution in [0.3, 0.4) is 0 Å². The highest BCUT2D eigenvalue weighted by Gasteiger charge is 2.25. The number of aromatic amines is 1. The van der Waals surface area contributed by atoms with E-state index >= 15 is 0 Å². The number of halogens is 3. The summed E-state index contributed by atoms with van der Waals surface area (Å²) in [5.41, 5.74) is 0.948. The molecule has 1 unspecified atom stereocenters. The zero-order chi connectivity index (χ0) is 21.9. The lowest BCUT2D eigenvalue weighted by Gasteiger charge is -2.13. The minimum Gasteiger partial charge on any atom is -0.465 e. The first kappa shape index (κ1) is 22.2. The number of rotatable bonds is 7. The van der Waals surface area contributed by atoms with Crippen LogP contribution in [0, 0.1) is 31.3 Å². The molecular formula is C19H21F3N3O4+. The lowest BCUT2D eigenvalue weighted by atomic mass is 10.1. The van der Waals surface area contributed by atoms with Crippen molar-refractivity contribution in [3.05, 3.63) is 52.1 Å². The van der Waals surface area contributed by atoms with Crippen molar-refractivity contribution < 1.29 is 37.2 Å². The van der Waals surface area contributed by atoms with Crippen LogP contribution < -0.4 is 10.2 Å². The lowest BCUT2D eigenvalue weighted by molar-refractivity contribution is -0.861. The van der Waals surface area contributed by atoms with Gasteiger partial charge in [0.05, 0.1) is 31.1 Å². The van der Waals surface area contributed by atoms with E-state index in [1.807, 2.05) is 0 Å². The molecule has 0 spiro atoms. The summed E-state index contributed by atoms with van der Waals surface area (Å²) in [6.45, 7) is 2.91. The van der Waals surface area contributed by atoms with Gasteiger partial charge in [-0.05, 0) is 31.5 Å². The fourth-order valence-electron chi connectivity index (χ4n) is 2.95. The number of carbonyl (C=O) groups is 3. The van der Waals surface area contributed by atoms with Gasteiger partial charge in [-0.3, -0.25) is 9.59 Å². The number of likely N-dealkylation sites (N-methyl/N-ethyl adjacent to an activating group) is 1. The number of amides is 1. The second-order valence-corrected chi connectivity index (χ2v) is 6.62. The molecule has 1 atom stereocenters. The van der Waals surface area contributed by atoms with Gasteiger partial charge in [0.15, 0.2) is 24.0 Å². The predicted molar refractivity (Wildman–Crippen MR) is 97.5 cm³/mol. The molecule has 10 heteroatoms. The molecule has 1 heterocycles. The Hall–Kier alpha value is -3.14. The SMILES string of the molecule is COC(=O)c1c(C)[nH]c(C(=O)C[NH+](C)CC(=O)Nc2ccc(F)c(F)c2F)c1C. The Labute approximate surface area is 164 Å². The first-order valence-corrected chi connectivity index (χ1v) is 8.62. The van der Waals surface area contributed by atoms with Crippen molar-refractivity contribution in [1.29, 1.82) is 0 Å². The van der Waals surface area contributed by atoms with Crippen molar-refractivity contribution in [2.24, 2.45) is 0 Å². The lowest BCUT2D eigenvalue weighted by Crippen LogP contribution is -3.11. The molecule has 7 nitrogen and oxygen atoms in total. The maximum absolute atomic E-state index is 13.6. The van der Waals surface area contributed by atoms with Crippen LogP contribution in [0.15, 0.2) is 12.1 Å². The molecule has 0 bridgehead atoms. The highest BCUT2D eigenvalue weighted by Crippen LogP contribution is 2.20. The van der Waals surface area contributed by atoms with Crippen LogP contribution in [-0.4, -0.2) is 49.9 Å². The van der Waals surface area contributed by atoms with Gasteiger partial charge in [0.2, 0.25) is 5.78 Å². The summed E-state index contributed by atoms with van der Waals surface area (Å²) in [6, 6.07) is 1.61. The number of hydrogen-bond donors (Lipinski definition) is 3. The molecule has 1 aromatic carbocycles. The van der Waals surface area contributed by atoms with E-state index in [1.54, 1.807) is 20.9 Å². The standard InChI is InChI=1S/C19H20F3N3O4/c1-9-15(19(28)29-4)10(2)23-18(9)13(26)7-25(3)8-14(27)24-12-6-5-11(20)16(21)17(12)22/h5-6,23H,7-8H2,1-4H3,(H,24,27)/p+1. The third-order valence-electron chi connectivity index (χ3n) is 4.34. The summed E-state index contributed by atoms with van der Waals surface area (Å²) in [4.78, 5) is 39.7. The number of anilines is 1. The van der Waals surface area contributed by atoms with Crippen LogP contribution in [0.5, 0.6) is 0 Å². The number of aryl methyl sites for hydroxylation is 1. The Balaban J connectivity index is 2.03. The summed E-state index contributed by atoms with van der Waals surface area (Å²) in [5.74, 6) is -6.14. The van der Waals surface area contributed by atoms with Gasteiger partial charge in [0.25, 0.3) is 5.91 Å². The molecule has 2 aromatic rings. The Morgan fingerprint density at radius 1 is 1.10 bits per heavy atom. The van der Waals surface area contributed by atoms with E-state index < -0.39 is 35.0 Å². The maximum atomic E-state index is 13.6. The fraction of sp³-hybridized carbons (Fsp3) is 0.316. The number of hydrogen-bond acceptors (Lipinski definition) is 4. The van der Waals surface area contributed by atoms with Gasteiger partial charge in [-0.2, -0.15) is 0 Å². The second kappa shape index (κ2) is 8.91. The zero-order valence-corrected chi connectivity index (χ0v) is 16.3. The molecule has 0 fully saturated rings. The molecule has 0 radical (unpaired) electrons. The van der Waals surface area contributed by atoms with Gasteiger partial charge in [-0.15, -0.1) is 0 Å². The molecule has 1 aromatic heterocycles. The molecule has 156 valence electrons. The number of ether oxygens (including phenoxy) is 1. The van der Waals surface area contributed by atoms with Gasteiger partial charge < -0.3 is 19.9 Å². The van der Waals surface area contributed by atoms with Crippen LogP contribution in [0.2, 0.25) is 0 Å². The van der Waals surface area contributed by atoms with E-state index in [-0.39, 0.29) is 30.1 Å². The molecule has 0 aliphatic rings. The van der Waals surface area contributed by atoms with Gasteiger partial charge in [-0.25, -0.2) is 18.0 Å². The fourth-order valence-corrected chi connectivity index (χ4v) is 2.95. The highest BCUT2D eigenvalue weighted by molar-refractivity contribution is 6.02. The van der Waals surface area contributed by atoms with Crippen molar-refractivity contribution in [2.75, 3.05) is 32.6 Å². The van der Waals surface area contributed by atoms with Crippen LogP contribution in [0.1, 0.15) is 32.1 Å². The van der Waals surface area contributed by atoms with Gasteiger partial charge in [-0.1, -0.05) is 0 Å². The zero-order valence-electron chi connectivity index (χ0n) is 16.3. The monoisotopic (exact) mass is 412 g/mol. The summed E-state index contributed by atoms with van der Waals surface area (Å²) in [5, 5.41) is 2.15. The van der Waals surface area contributed by atoms with Crippen molar-refractivity contribution in [2.45, 2.75) is 13.8 Å². The molecule has 0 saturated heterocycles. The molecule has 2 rings (SSSR count). The number of methoxy groups -OCH3 is 1. The quantitative estimate of drug-likeness (QED) is 0.362. The first-order chi connectivity index (χ1) is 13.6. The molecule has 0 saturated carbocycles. The number of benzene rings is 1. The van der Waals surface area contributed by atoms with Gasteiger partial charge >= 0.3 is 5.97 Å².